The van der Waals surface area contributed by atoms with Gasteiger partial charge in [-0.1, -0.05) is 0 Å². The molecule has 0 aliphatic carbocycles. The smallest absolute Gasteiger partial charge is 0.0610 e. The maximum absolute atomic E-state index is 3.28. The van der Waals surface area contributed by atoms with Gasteiger partial charge in [-0.2, -0.15) is 11.3 Å². The van der Waals surface area contributed by atoms with Crippen molar-refractivity contribution in [2.75, 3.05) is 0 Å². The van der Waals surface area contributed by atoms with E-state index in [1.807, 2.05) is 6.08 Å². The molecule has 1 rings (SSSR count). The van der Waals surface area contributed by atoms with Crippen LogP contribution in [0.25, 0.3) is 6.08 Å². The molecule has 1 aromatic rings. The van der Waals surface area contributed by atoms with Gasteiger partial charge in [0.15, 0.2) is 0 Å². The molecule has 9 heavy (non-hydrogen) atoms. The van der Waals surface area contributed by atoms with Crippen molar-refractivity contribution in [2.45, 2.75) is 0 Å². The Hall–Kier alpha value is 0.400. The van der Waals surface area contributed by atoms with Crippen molar-refractivity contribution in [1.82, 2.24) is 0 Å². The summed E-state index contributed by atoms with van der Waals surface area (Å²) >= 11 is 8.25. The van der Waals surface area contributed by atoms with E-state index in [0.29, 0.717) is 0 Å². The van der Waals surface area contributed by atoms with E-state index in [0.717, 1.165) is 3.39 Å². The van der Waals surface area contributed by atoms with Gasteiger partial charge >= 0.3 is 0 Å². The molecule has 0 amide bonds. The topological polar surface area (TPSA) is 0 Å². The summed E-state index contributed by atoms with van der Waals surface area (Å²) in [5.41, 5.74) is 1.23. The maximum atomic E-state index is 3.28. The second-order valence-electron chi connectivity index (χ2n) is 1.49. The number of halogens is 2. The van der Waals surface area contributed by atoms with Crippen molar-refractivity contribution < 1.29 is 0 Å². The largest absolute Gasteiger partial charge is 0.152 e. The van der Waals surface area contributed by atoms with Crippen LogP contribution in [0.2, 0.25) is 0 Å². The summed E-state index contributed by atoms with van der Waals surface area (Å²) in [5.74, 6) is 0. The van der Waals surface area contributed by atoms with E-state index in [1.54, 1.807) is 11.3 Å². The van der Waals surface area contributed by atoms with Crippen LogP contribution < -0.4 is 0 Å². The Kier molecular flexibility index (Phi) is 2.95. The van der Waals surface area contributed by atoms with Crippen LogP contribution >= 0.6 is 43.2 Å². The molecule has 0 N–H and O–H groups in total. The molecule has 0 aromatic carbocycles. The third kappa shape index (κ3) is 2.65. The summed E-state index contributed by atoms with van der Waals surface area (Å²) in [4.78, 5) is 0. The van der Waals surface area contributed by atoms with E-state index in [2.05, 4.69) is 48.7 Å². The Labute approximate surface area is 74.8 Å². The normalized spacial score (nSPS) is 9.11. The lowest BCUT2D eigenvalue weighted by Gasteiger charge is -1.81. The van der Waals surface area contributed by atoms with Crippen molar-refractivity contribution in [3.8, 4) is 0 Å². The van der Waals surface area contributed by atoms with Crippen molar-refractivity contribution in [3.05, 3.63) is 25.8 Å². The van der Waals surface area contributed by atoms with Crippen LogP contribution in [0.15, 0.2) is 20.2 Å². The van der Waals surface area contributed by atoms with Gasteiger partial charge in [0.05, 0.1) is 3.39 Å². The van der Waals surface area contributed by atoms with Crippen LogP contribution in [-0.2, 0) is 0 Å². The minimum Gasteiger partial charge on any atom is -0.152 e. The average molecular weight is 268 g/mol. The first kappa shape index (κ1) is 7.51. The van der Waals surface area contributed by atoms with E-state index < -0.39 is 0 Å². The number of rotatable bonds is 1. The monoisotopic (exact) mass is 266 g/mol. The Morgan fingerprint density at radius 3 is 2.78 bits per heavy atom. The van der Waals surface area contributed by atoms with Crippen LogP contribution in [0.5, 0.6) is 0 Å². The molecule has 0 aliphatic rings. The summed E-state index contributed by atoms with van der Waals surface area (Å²) in [7, 11) is 0. The van der Waals surface area contributed by atoms with Crippen molar-refractivity contribution >= 4 is 49.3 Å². The van der Waals surface area contributed by atoms with Gasteiger partial charge in [0, 0.05) is 0 Å². The van der Waals surface area contributed by atoms with Crippen LogP contribution in [0.1, 0.15) is 5.56 Å². The standard InChI is InChI=1S/C6H4Br2S/c7-6(8)3-5-1-2-9-4-5/h1-4H. The first-order valence-corrected chi connectivity index (χ1v) is 4.87. The third-order valence-corrected chi connectivity index (χ3v) is 1.98. The number of thiophene rings is 1. The van der Waals surface area contributed by atoms with Gasteiger partial charge in [-0.05, 0) is 60.3 Å². The zero-order valence-electron chi connectivity index (χ0n) is 4.47. The molecule has 0 saturated carbocycles. The fraction of sp³-hybridized carbons (Fsp3) is 0. The molecule has 48 valence electrons. The van der Waals surface area contributed by atoms with Gasteiger partial charge < -0.3 is 0 Å². The Bertz CT molecular complexity index is 197. The fourth-order valence-electron chi connectivity index (χ4n) is 0.483. The maximum Gasteiger partial charge on any atom is 0.0610 e. The molecule has 0 atom stereocenters. The first-order valence-electron chi connectivity index (χ1n) is 2.34. The zero-order valence-corrected chi connectivity index (χ0v) is 8.46. The molecule has 0 bridgehead atoms. The lowest BCUT2D eigenvalue weighted by molar-refractivity contribution is 1.89. The quantitative estimate of drug-likeness (QED) is 0.725. The molecule has 1 heterocycles. The molecule has 0 fully saturated rings. The highest BCUT2D eigenvalue weighted by atomic mass is 79.9. The van der Waals surface area contributed by atoms with Crippen molar-refractivity contribution in [2.24, 2.45) is 0 Å². The lowest BCUT2D eigenvalue weighted by atomic mass is 10.3. The number of hydrogen-bond donors (Lipinski definition) is 0. The lowest BCUT2D eigenvalue weighted by Crippen LogP contribution is -1.56. The van der Waals surface area contributed by atoms with Crippen molar-refractivity contribution in [1.29, 1.82) is 0 Å². The Morgan fingerprint density at radius 1 is 1.56 bits per heavy atom. The molecule has 0 spiro atoms. The van der Waals surface area contributed by atoms with Gasteiger partial charge in [0.1, 0.15) is 0 Å². The Morgan fingerprint density at radius 2 is 2.33 bits per heavy atom. The second-order valence-corrected chi connectivity index (χ2v) is 5.04. The SMILES string of the molecule is BrC(Br)=Cc1ccsc1. The third-order valence-electron chi connectivity index (χ3n) is 0.819. The molecule has 0 aliphatic heterocycles. The first-order chi connectivity index (χ1) is 4.29. The van der Waals surface area contributed by atoms with E-state index in [4.69, 9.17) is 0 Å². The fourth-order valence-corrected chi connectivity index (χ4v) is 1.63. The minimum absolute atomic E-state index is 0.980. The molecule has 3 heteroatoms. The van der Waals surface area contributed by atoms with Gasteiger partial charge in [0.25, 0.3) is 0 Å². The summed E-state index contributed by atoms with van der Waals surface area (Å²) in [6.45, 7) is 0. The highest BCUT2D eigenvalue weighted by molar-refractivity contribution is 9.28. The van der Waals surface area contributed by atoms with Gasteiger partial charge in [0.2, 0.25) is 0 Å². The van der Waals surface area contributed by atoms with Crippen LogP contribution in [0.3, 0.4) is 0 Å². The van der Waals surface area contributed by atoms with E-state index in [1.165, 1.54) is 5.56 Å². The Balaban J connectivity index is 2.80. The molecule has 0 radical (unpaired) electrons. The highest BCUT2D eigenvalue weighted by Gasteiger charge is 1.86. The van der Waals surface area contributed by atoms with Crippen LogP contribution in [0.4, 0.5) is 0 Å². The molecule has 0 unspecified atom stereocenters. The molecule has 0 saturated heterocycles. The second kappa shape index (κ2) is 3.54. The van der Waals surface area contributed by atoms with Gasteiger partial charge in [-0.25, -0.2) is 0 Å². The molecular weight excluding hydrogens is 264 g/mol. The van der Waals surface area contributed by atoms with Crippen LogP contribution in [-0.4, -0.2) is 0 Å². The summed E-state index contributed by atoms with van der Waals surface area (Å²) in [6.07, 6.45) is 2.01. The van der Waals surface area contributed by atoms with E-state index in [9.17, 15) is 0 Å². The van der Waals surface area contributed by atoms with E-state index in [-0.39, 0.29) is 0 Å². The zero-order chi connectivity index (χ0) is 6.69. The van der Waals surface area contributed by atoms with E-state index >= 15 is 0 Å². The molecular formula is C6H4Br2S. The molecule has 0 nitrogen and oxygen atoms in total. The van der Waals surface area contributed by atoms with Crippen LogP contribution in [0, 0.1) is 0 Å². The predicted octanol–water partition coefficient (Wildman–Crippen LogP) is 3.84. The minimum atomic E-state index is 0.980. The van der Waals surface area contributed by atoms with Gasteiger partial charge in [-0.15, -0.1) is 0 Å². The summed E-state index contributed by atoms with van der Waals surface area (Å²) in [6, 6.07) is 2.06. The van der Waals surface area contributed by atoms with Crippen molar-refractivity contribution in [3.63, 3.8) is 0 Å². The average Bonchev–Trinajstić information content (AvgIpc) is 2.15. The molecule has 1 aromatic heterocycles. The summed E-state index contributed by atoms with van der Waals surface area (Å²) < 4.78 is 0.980. The summed E-state index contributed by atoms with van der Waals surface area (Å²) in [5, 5.41) is 4.14. The highest BCUT2D eigenvalue weighted by Crippen LogP contribution is 2.19. The predicted molar refractivity (Wildman–Crippen MR) is 50.2 cm³/mol. The number of hydrogen-bond acceptors (Lipinski definition) is 1. The van der Waals surface area contributed by atoms with Gasteiger partial charge in [-0.3, -0.25) is 0 Å².